The number of hydrogen-bond donors (Lipinski definition) is 1. The van der Waals surface area contributed by atoms with Crippen molar-refractivity contribution in [2.75, 3.05) is 19.6 Å². The highest BCUT2D eigenvalue weighted by atomic mass is 16.6. The number of likely N-dealkylation sites (N-methyl/N-ethyl adjacent to an activating group) is 1. The van der Waals surface area contributed by atoms with Gasteiger partial charge in [-0.3, -0.25) is 0 Å². The van der Waals surface area contributed by atoms with Crippen molar-refractivity contribution in [2.24, 2.45) is 0 Å². The van der Waals surface area contributed by atoms with Crippen molar-refractivity contribution in [1.82, 2.24) is 10.2 Å². The van der Waals surface area contributed by atoms with E-state index in [0.717, 1.165) is 13.1 Å². The highest BCUT2D eigenvalue weighted by Crippen LogP contribution is 2.16. The van der Waals surface area contributed by atoms with Gasteiger partial charge in [-0.15, -0.1) is 0 Å². The number of nitrogens with zero attached hydrogens (tertiary/aromatic N) is 1. The van der Waals surface area contributed by atoms with Gasteiger partial charge in [0, 0.05) is 26.2 Å². The molecule has 4 nitrogen and oxygen atoms in total. The molecular weight excluding hydrogens is 288 g/mol. The number of benzene rings is 1. The summed E-state index contributed by atoms with van der Waals surface area (Å²) in [6.45, 7) is 16.9. The fraction of sp³-hybridized carbons (Fsp3) is 0.632. The molecule has 1 amide bonds. The number of carbonyl (C=O) groups is 1. The van der Waals surface area contributed by atoms with E-state index in [-0.39, 0.29) is 6.09 Å². The normalized spacial score (nSPS) is 11.4. The van der Waals surface area contributed by atoms with E-state index in [2.05, 4.69) is 38.2 Å². The lowest BCUT2D eigenvalue weighted by Crippen LogP contribution is -2.40. The maximum atomic E-state index is 12.1. The minimum absolute atomic E-state index is 0.246. The van der Waals surface area contributed by atoms with E-state index in [1.54, 1.807) is 4.90 Å². The predicted octanol–water partition coefficient (Wildman–Crippen LogP) is 3.96. The van der Waals surface area contributed by atoms with Crippen LogP contribution in [-0.4, -0.2) is 36.2 Å². The number of nitrogens with one attached hydrogen (secondary N) is 1. The van der Waals surface area contributed by atoms with Crippen LogP contribution in [0.25, 0.3) is 0 Å². The van der Waals surface area contributed by atoms with E-state index >= 15 is 0 Å². The monoisotopic (exact) mass is 320 g/mol. The second-order valence-corrected chi connectivity index (χ2v) is 7.11. The Morgan fingerprint density at radius 1 is 1.17 bits per heavy atom. The molecule has 1 rings (SSSR count). The zero-order valence-electron chi connectivity index (χ0n) is 15.7. The molecule has 0 spiro atoms. The van der Waals surface area contributed by atoms with E-state index in [0.29, 0.717) is 13.1 Å². The highest BCUT2D eigenvalue weighted by Gasteiger charge is 2.20. The molecule has 0 heterocycles. The molecule has 0 radical (unpaired) electrons. The molecule has 0 aliphatic rings. The van der Waals surface area contributed by atoms with Crippen LogP contribution in [0.2, 0.25) is 0 Å². The van der Waals surface area contributed by atoms with E-state index in [1.165, 1.54) is 22.3 Å². The molecule has 0 aliphatic heterocycles. The Hall–Kier alpha value is -1.55. The van der Waals surface area contributed by atoms with Crippen molar-refractivity contribution in [3.8, 4) is 0 Å². The van der Waals surface area contributed by atoms with Crippen LogP contribution in [0.4, 0.5) is 4.79 Å². The molecule has 0 bridgehead atoms. The summed E-state index contributed by atoms with van der Waals surface area (Å²) >= 11 is 0. The van der Waals surface area contributed by atoms with Crippen molar-refractivity contribution in [3.05, 3.63) is 34.4 Å². The first-order chi connectivity index (χ1) is 10.6. The van der Waals surface area contributed by atoms with Gasteiger partial charge in [-0.1, -0.05) is 17.7 Å². The van der Waals surface area contributed by atoms with E-state index in [4.69, 9.17) is 4.74 Å². The molecule has 0 saturated carbocycles. The highest BCUT2D eigenvalue weighted by molar-refractivity contribution is 5.68. The van der Waals surface area contributed by atoms with Crippen LogP contribution in [0.1, 0.15) is 49.9 Å². The van der Waals surface area contributed by atoms with Gasteiger partial charge in [0.2, 0.25) is 0 Å². The van der Waals surface area contributed by atoms with Gasteiger partial charge < -0.3 is 15.0 Å². The lowest BCUT2D eigenvalue weighted by Gasteiger charge is -2.26. The Balaban J connectivity index is 2.48. The van der Waals surface area contributed by atoms with Gasteiger partial charge >= 0.3 is 6.09 Å². The first-order valence-corrected chi connectivity index (χ1v) is 8.39. The van der Waals surface area contributed by atoms with Crippen molar-refractivity contribution in [1.29, 1.82) is 0 Å². The summed E-state index contributed by atoms with van der Waals surface area (Å²) in [6, 6.07) is 4.42. The van der Waals surface area contributed by atoms with Gasteiger partial charge in [0.1, 0.15) is 5.60 Å². The summed E-state index contributed by atoms with van der Waals surface area (Å²) in [7, 11) is 0. The first-order valence-electron chi connectivity index (χ1n) is 8.39. The quantitative estimate of drug-likeness (QED) is 0.807. The van der Waals surface area contributed by atoms with Crippen molar-refractivity contribution >= 4 is 6.09 Å². The SMILES string of the molecule is CCN(CCNCc1c(C)cc(C)cc1C)C(=O)OC(C)(C)C. The maximum Gasteiger partial charge on any atom is 0.410 e. The second kappa shape index (κ2) is 8.34. The average molecular weight is 320 g/mol. The zero-order chi connectivity index (χ0) is 17.6. The summed E-state index contributed by atoms with van der Waals surface area (Å²) in [5.41, 5.74) is 4.82. The summed E-state index contributed by atoms with van der Waals surface area (Å²) in [5, 5.41) is 3.44. The molecule has 0 saturated heterocycles. The number of amides is 1. The molecule has 0 fully saturated rings. The fourth-order valence-corrected chi connectivity index (χ4v) is 2.62. The topological polar surface area (TPSA) is 41.6 Å². The van der Waals surface area contributed by atoms with Crippen LogP contribution in [0.3, 0.4) is 0 Å². The smallest absolute Gasteiger partial charge is 0.410 e. The Bertz CT molecular complexity index is 510. The van der Waals surface area contributed by atoms with Gasteiger partial charge in [0.15, 0.2) is 0 Å². The molecule has 4 heteroatoms. The molecule has 0 unspecified atom stereocenters. The van der Waals surface area contributed by atoms with Gasteiger partial charge in [-0.2, -0.15) is 0 Å². The van der Waals surface area contributed by atoms with E-state index < -0.39 is 5.60 Å². The largest absolute Gasteiger partial charge is 0.444 e. The third-order valence-electron chi connectivity index (χ3n) is 3.73. The van der Waals surface area contributed by atoms with E-state index in [1.807, 2.05) is 27.7 Å². The molecule has 0 aliphatic carbocycles. The van der Waals surface area contributed by atoms with Gasteiger partial charge in [-0.05, 0) is 65.2 Å². The second-order valence-electron chi connectivity index (χ2n) is 7.11. The molecular formula is C19H32N2O2. The minimum atomic E-state index is -0.450. The van der Waals surface area contributed by atoms with Crippen LogP contribution in [0.5, 0.6) is 0 Å². The molecule has 1 aromatic rings. The number of ether oxygens (including phenoxy) is 1. The van der Waals surface area contributed by atoms with Gasteiger partial charge in [0.05, 0.1) is 0 Å². The Kier molecular flexibility index (Phi) is 7.07. The third-order valence-corrected chi connectivity index (χ3v) is 3.73. The summed E-state index contributed by atoms with van der Waals surface area (Å²) < 4.78 is 5.42. The predicted molar refractivity (Wildman–Crippen MR) is 95.8 cm³/mol. The average Bonchev–Trinajstić information content (AvgIpc) is 2.38. The number of carbonyl (C=O) groups excluding carboxylic acids is 1. The fourth-order valence-electron chi connectivity index (χ4n) is 2.62. The van der Waals surface area contributed by atoms with Crippen molar-refractivity contribution in [3.63, 3.8) is 0 Å². The summed E-state index contributed by atoms with van der Waals surface area (Å²) in [4.78, 5) is 13.8. The molecule has 0 atom stereocenters. The summed E-state index contributed by atoms with van der Waals surface area (Å²) in [5.74, 6) is 0. The number of hydrogen-bond acceptors (Lipinski definition) is 3. The maximum absolute atomic E-state index is 12.1. The van der Waals surface area contributed by atoms with Crippen LogP contribution >= 0.6 is 0 Å². The van der Waals surface area contributed by atoms with Gasteiger partial charge in [-0.25, -0.2) is 4.79 Å². The zero-order valence-corrected chi connectivity index (χ0v) is 15.7. The third kappa shape index (κ3) is 6.61. The molecule has 23 heavy (non-hydrogen) atoms. The molecule has 1 N–H and O–H groups in total. The van der Waals surface area contributed by atoms with Crippen LogP contribution in [-0.2, 0) is 11.3 Å². The lowest BCUT2D eigenvalue weighted by atomic mass is 10.00. The molecule has 130 valence electrons. The number of rotatable bonds is 6. The summed E-state index contributed by atoms with van der Waals surface area (Å²) in [6.07, 6.45) is -0.246. The molecule has 1 aromatic carbocycles. The Morgan fingerprint density at radius 3 is 2.22 bits per heavy atom. The van der Waals surface area contributed by atoms with Gasteiger partial charge in [0.25, 0.3) is 0 Å². The first kappa shape index (κ1) is 19.5. The van der Waals surface area contributed by atoms with Crippen molar-refractivity contribution in [2.45, 2.75) is 60.6 Å². The minimum Gasteiger partial charge on any atom is -0.444 e. The Morgan fingerprint density at radius 2 is 1.74 bits per heavy atom. The molecule has 0 aromatic heterocycles. The van der Waals surface area contributed by atoms with Crippen LogP contribution < -0.4 is 5.32 Å². The standard InChI is InChI=1S/C19H32N2O2/c1-8-21(18(22)23-19(5,6)7)10-9-20-13-17-15(3)11-14(2)12-16(17)4/h11-12,20H,8-10,13H2,1-7H3. The number of aryl methyl sites for hydroxylation is 3. The van der Waals surface area contributed by atoms with Crippen LogP contribution in [0, 0.1) is 20.8 Å². The Labute approximate surface area is 141 Å². The van der Waals surface area contributed by atoms with E-state index in [9.17, 15) is 4.79 Å². The van der Waals surface area contributed by atoms with Crippen molar-refractivity contribution < 1.29 is 9.53 Å². The lowest BCUT2D eigenvalue weighted by molar-refractivity contribution is 0.0262. The van der Waals surface area contributed by atoms with Crippen LogP contribution in [0.15, 0.2) is 12.1 Å².